The molecule has 0 N–H and O–H groups in total. The third-order valence-corrected chi connectivity index (χ3v) is 5.70. The van der Waals surface area contributed by atoms with Crippen molar-refractivity contribution >= 4 is 23.4 Å². The number of hydrogen-bond acceptors (Lipinski definition) is 6. The highest BCUT2D eigenvalue weighted by Crippen LogP contribution is 2.29. The van der Waals surface area contributed by atoms with E-state index < -0.39 is 0 Å². The molecule has 1 atom stereocenters. The van der Waals surface area contributed by atoms with E-state index in [9.17, 15) is 4.79 Å². The van der Waals surface area contributed by atoms with Gasteiger partial charge in [-0.05, 0) is 43.3 Å². The van der Waals surface area contributed by atoms with Crippen LogP contribution in [0.3, 0.4) is 0 Å². The number of amides is 1. The molecule has 3 aromatic heterocycles. The van der Waals surface area contributed by atoms with Crippen LogP contribution < -0.4 is 4.90 Å². The molecule has 4 aromatic rings. The lowest BCUT2D eigenvalue weighted by molar-refractivity contribution is -0.117. The highest BCUT2D eigenvalue weighted by molar-refractivity contribution is 8.00. The Hall–Kier alpha value is -3.39. The van der Waals surface area contributed by atoms with Gasteiger partial charge in [-0.15, -0.1) is 10.2 Å². The second-order valence-electron chi connectivity index (χ2n) is 6.71. The molecule has 30 heavy (non-hydrogen) atoms. The van der Waals surface area contributed by atoms with Gasteiger partial charge in [0.25, 0.3) is 0 Å². The first-order chi connectivity index (χ1) is 14.6. The van der Waals surface area contributed by atoms with Crippen molar-refractivity contribution in [2.45, 2.75) is 23.9 Å². The van der Waals surface area contributed by atoms with Crippen molar-refractivity contribution < 1.29 is 9.21 Å². The molecule has 0 aliphatic carbocycles. The number of anilines is 1. The molecule has 0 unspecified atom stereocenters. The molecule has 7 nitrogen and oxygen atoms in total. The number of benzene rings is 1. The molecule has 1 amide bonds. The predicted octanol–water partition coefficient (Wildman–Crippen LogP) is 4.13. The maximum atomic E-state index is 13.0. The van der Waals surface area contributed by atoms with Gasteiger partial charge in [-0.1, -0.05) is 30.0 Å². The zero-order chi connectivity index (χ0) is 20.9. The van der Waals surface area contributed by atoms with E-state index in [0.29, 0.717) is 17.5 Å². The monoisotopic (exact) mass is 419 g/mol. The van der Waals surface area contributed by atoms with Gasteiger partial charge in [0.1, 0.15) is 5.76 Å². The van der Waals surface area contributed by atoms with Crippen molar-refractivity contribution in [2.75, 3.05) is 11.9 Å². The van der Waals surface area contributed by atoms with Gasteiger partial charge in [-0.3, -0.25) is 14.3 Å². The van der Waals surface area contributed by atoms with Crippen LogP contribution >= 0.6 is 11.8 Å². The van der Waals surface area contributed by atoms with E-state index in [1.165, 1.54) is 11.8 Å². The standard InChI is InChI=1S/C22H21N5O2S/c1-16(21(28)26(2)18-9-4-3-5-10-18)30-22-25-24-20(17-8-6-12-23-14-17)27(22)15-19-11-7-13-29-19/h3-14,16H,15H2,1-2H3/t16-/m0/s1. The summed E-state index contributed by atoms with van der Waals surface area (Å²) in [5.74, 6) is 1.45. The van der Waals surface area contributed by atoms with Crippen LogP contribution in [0.15, 0.2) is 82.8 Å². The van der Waals surface area contributed by atoms with Gasteiger partial charge in [0.05, 0.1) is 18.1 Å². The Kier molecular flexibility index (Phi) is 5.94. The molecule has 0 aliphatic rings. The molecule has 152 valence electrons. The highest BCUT2D eigenvalue weighted by Gasteiger charge is 2.24. The van der Waals surface area contributed by atoms with E-state index in [1.54, 1.807) is 30.6 Å². The first kappa shape index (κ1) is 19.9. The fourth-order valence-corrected chi connectivity index (χ4v) is 3.99. The average Bonchev–Trinajstić information content (AvgIpc) is 3.44. The Morgan fingerprint density at radius 1 is 1.13 bits per heavy atom. The molecule has 0 fully saturated rings. The highest BCUT2D eigenvalue weighted by atomic mass is 32.2. The topological polar surface area (TPSA) is 77.0 Å². The number of para-hydroxylation sites is 1. The van der Waals surface area contributed by atoms with Crippen LogP contribution in [0.4, 0.5) is 5.69 Å². The van der Waals surface area contributed by atoms with Gasteiger partial charge in [-0.2, -0.15) is 0 Å². The normalized spacial score (nSPS) is 11.9. The number of pyridine rings is 1. The van der Waals surface area contributed by atoms with Crippen LogP contribution in [-0.4, -0.2) is 38.0 Å². The van der Waals surface area contributed by atoms with Gasteiger partial charge in [-0.25, -0.2) is 0 Å². The molecule has 0 saturated carbocycles. The minimum Gasteiger partial charge on any atom is -0.467 e. The molecule has 0 radical (unpaired) electrons. The number of aromatic nitrogens is 4. The molecule has 8 heteroatoms. The third-order valence-electron chi connectivity index (χ3n) is 4.63. The van der Waals surface area contributed by atoms with Gasteiger partial charge in [0.15, 0.2) is 11.0 Å². The summed E-state index contributed by atoms with van der Waals surface area (Å²) >= 11 is 1.37. The molecular weight excluding hydrogens is 398 g/mol. The molecule has 0 aliphatic heterocycles. The second kappa shape index (κ2) is 8.96. The predicted molar refractivity (Wildman–Crippen MR) is 116 cm³/mol. The zero-order valence-electron chi connectivity index (χ0n) is 16.7. The van der Waals surface area contributed by atoms with Crippen molar-refractivity contribution in [2.24, 2.45) is 0 Å². The number of furan rings is 1. The van der Waals surface area contributed by atoms with Crippen LogP contribution in [-0.2, 0) is 11.3 Å². The SMILES string of the molecule is C[C@H](Sc1nnc(-c2cccnc2)n1Cc1ccco1)C(=O)N(C)c1ccccc1. The summed E-state index contributed by atoms with van der Waals surface area (Å²) in [5.41, 5.74) is 1.70. The van der Waals surface area contributed by atoms with E-state index >= 15 is 0 Å². The maximum Gasteiger partial charge on any atom is 0.240 e. The Balaban J connectivity index is 1.60. The zero-order valence-corrected chi connectivity index (χ0v) is 17.5. The summed E-state index contributed by atoms with van der Waals surface area (Å²) in [4.78, 5) is 18.8. The second-order valence-corrected chi connectivity index (χ2v) is 8.01. The van der Waals surface area contributed by atoms with Crippen molar-refractivity contribution in [1.82, 2.24) is 19.7 Å². The summed E-state index contributed by atoms with van der Waals surface area (Å²) < 4.78 is 7.48. The fraction of sp³-hybridized carbons (Fsp3) is 0.182. The van der Waals surface area contributed by atoms with E-state index in [1.807, 2.05) is 66.1 Å². The number of carbonyl (C=O) groups is 1. The molecule has 0 saturated heterocycles. The Bertz CT molecular complexity index is 1100. The van der Waals surface area contributed by atoms with Gasteiger partial charge < -0.3 is 9.32 Å². The first-order valence-electron chi connectivity index (χ1n) is 9.48. The van der Waals surface area contributed by atoms with Crippen molar-refractivity contribution in [3.8, 4) is 11.4 Å². The van der Waals surface area contributed by atoms with Crippen molar-refractivity contribution in [3.05, 3.63) is 79.0 Å². The van der Waals surface area contributed by atoms with E-state index in [4.69, 9.17) is 4.42 Å². The summed E-state index contributed by atoms with van der Waals surface area (Å²) in [7, 11) is 1.78. The summed E-state index contributed by atoms with van der Waals surface area (Å²) in [6.07, 6.45) is 5.10. The quantitative estimate of drug-likeness (QED) is 0.419. The number of nitrogens with zero attached hydrogens (tertiary/aromatic N) is 5. The minimum absolute atomic E-state index is 0.0123. The van der Waals surface area contributed by atoms with Gasteiger partial charge >= 0.3 is 0 Å². The van der Waals surface area contributed by atoms with Gasteiger partial charge in [0, 0.05) is 30.7 Å². The largest absolute Gasteiger partial charge is 0.467 e. The number of rotatable bonds is 7. The first-order valence-corrected chi connectivity index (χ1v) is 10.4. The summed E-state index contributed by atoms with van der Waals surface area (Å²) in [6.45, 7) is 2.34. The lowest BCUT2D eigenvalue weighted by Gasteiger charge is -2.21. The van der Waals surface area contributed by atoms with Gasteiger partial charge in [0.2, 0.25) is 5.91 Å². The average molecular weight is 420 g/mol. The van der Waals surface area contributed by atoms with Crippen LogP contribution in [0.5, 0.6) is 0 Å². The van der Waals surface area contributed by atoms with Crippen LogP contribution in [0.2, 0.25) is 0 Å². The lowest BCUT2D eigenvalue weighted by atomic mass is 10.2. The minimum atomic E-state index is -0.350. The smallest absolute Gasteiger partial charge is 0.240 e. The Morgan fingerprint density at radius 3 is 2.67 bits per heavy atom. The number of carbonyl (C=O) groups excluding carboxylic acids is 1. The molecule has 0 spiro atoms. The lowest BCUT2D eigenvalue weighted by Crippen LogP contribution is -2.33. The van der Waals surface area contributed by atoms with Crippen LogP contribution in [0.1, 0.15) is 12.7 Å². The summed E-state index contributed by atoms with van der Waals surface area (Å²) in [6, 6.07) is 17.1. The molecule has 3 heterocycles. The van der Waals surface area contributed by atoms with Crippen LogP contribution in [0, 0.1) is 0 Å². The van der Waals surface area contributed by atoms with E-state index in [2.05, 4.69) is 15.2 Å². The fourth-order valence-electron chi connectivity index (χ4n) is 3.05. The third kappa shape index (κ3) is 4.28. The van der Waals surface area contributed by atoms with Crippen LogP contribution in [0.25, 0.3) is 11.4 Å². The Labute approximate surface area is 178 Å². The number of hydrogen-bond donors (Lipinski definition) is 0. The molecule has 4 rings (SSSR count). The Morgan fingerprint density at radius 2 is 1.97 bits per heavy atom. The van der Waals surface area contributed by atoms with E-state index in [-0.39, 0.29) is 11.2 Å². The van der Waals surface area contributed by atoms with Crippen molar-refractivity contribution in [3.63, 3.8) is 0 Å². The number of thioether (sulfide) groups is 1. The molecule has 1 aromatic carbocycles. The summed E-state index contributed by atoms with van der Waals surface area (Å²) in [5, 5.41) is 9.03. The van der Waals surface area contributed by atoms with E-state index in [0.717, 1.165) is 17.0 Å². The van der Waals surface area contributed by atoms with Crippen molar-refractivity contribution in [1.29, 1.82) is 0 Å². The molecular formula is C22H21N5O2S. The maximum absolute atomic E-state index is 13.0. The molecule has 0 bridgehead atoms.